The maximum atomic E-state index is 12.2. The Morgan fingerprint density at radius 3 is 1.86 bits per heavy atom. The predicted octanol–water partition coefficient (Wildman–Crippen LogP) is 3.88. The van der Waals surface area contributed by atoms with Crippen molar-refractivity contribution in [2.24, 2.45) is 5.92 Å². The third kappa shape index (κ3) is 5.34. The first-order chi connectivity index (χ1) is 9.61. The van der Waals surface area contributed by atoms with Crippen LogP contribution in [0.5, 0.6) is 0 Å². The van der Waals surface area contributed by atoms with Crippen LogP contribution in [0, 0.1) is 5.92 Å². The Bertz CT molecular complexity index is 517. The highest BCUT2D eigenvalue weighted by molar-refractivity contribution is 6.71. The second-order valence-corrected chi connectivity index (χ2v) is 10.8. The van der Waals surface area contributed by atoms with Crippen LogP contribution in [0.25, 0.3) is 0 Å². The molecule has 5 heteroatoms. The largest absolute Gasteiger partial charge is 0.516 e. The zero-order valence-electron chi connectivity index (χ0n) is 13.6. The van der Waals surface area contributed by atoms with Gasteiger partial charge in [0.05, 0.1) is 11.1 Å². The van der Waals surface area contributed by atoms with Crippen molar-refractivity contribution < 1.29 is 18.8 Å². The molecule has 116 valence electrons. The topological polar surface area (TPSA) is 52.6 Å². The first-order valence-electron chi connectivity index (χ1n) is 7.15. The highest BCUT2D eigenvalue weighted by Crippen LogP contribution is 2.17. The summed E-state index contributed by atoms with van der Waals surface area (Å²) in [5.41, 5.74) is 0.522. The van der Waals surface area contributed by atoms with Crippen LogP contribution in [-0.2, 0) is 9.16 Å². The van der Waals surface area contributed by atoms with Crippen molar-refractivity contribution in [2.75, 3.05) is 0 Å². The fourth-order valence-electron chi connectivity index (χ4n) is 1.54. The van der Waals surface area contributed by atoms with Gasteiger partial charge >= 0.3 is 11.9 Å². The molecule has 0 amide bonds. The second kappa shape index (κ2) is 6.89. The molecule has 1 atom stereocenters. The van der Waals surface area contributed by atoms with Crippen molar-refractivity contribution in [1.29, 1.82) is 0 Å². The average Bonchev–Trinajstić information content (AvgIpc) is 2.36. The van der Waals surface area contributed by atoms with Gasteiger partial charge < -0.3 is 9.16 Å². The fourth-order valence-corrected chi connectivity index (χ4v) is 2.21. The molecule has 1 aromatic rings. The minimum atomic E-state index is -2.01. The maximum Gasteiger partial charge on any atom is 0.339 e. The van der Waals surface area contributed by atoms with Crippen LogP contribution in [-0.4, -0.2) is 26.4 Å². The molecule has 0 bridgehead atoms. The molecule has 0 aliphatic rings. The minimum absolute atomic E-state index is 0.210. The SMILES string of the molecule is CC(C)C(C)OC(=O)c1ccccc1C(=O)O[Si](C)(C)C. The highest BCUT2D eigenvalue weighted by atomic mass is 28.4. The zero-order chi connectivity index (χ0) is 16.2. The maximum absolute atomic E-state index is 12.2. The number of benzene rings is 1. The first kappa shape index (κ1) is 17.4. The monoisotopic (exact) mass is 308 g/mol. The summed E-state index contributed by atoms with van der Waals surface area (Å²) in [6.07, 6.45) is -0.210. The van der Waals surface area contributed by atoms with E-state index in [-0.39, 0.29) is 23.1 Å². The molecule has 0 aliphatic carbocycles. The molecule has 1 aromatic carbocycles. The Morgan fingerprint density at radius 1 is 0.952 bits per heavy atom. The lowest BCUT2D eigenvalue weighted by molar-refractivity contribution is 0.0234. The fraction of sp³-hybridized carbons (Fsp3) is 0.500. The van der Waals surface area contributed by atoms with Crippen LogP contribution in [0.3, 0.4) is 0 Å². The molecule has 21 heavy (non-hydrogen) atoms. The van der Waals surface area contributed by atoms with Crippen LogP contribution in [0.2, 0.25) is 19.6 Å². The van der Waals surface area contributed by atoms with Gasteiger partial charge in [0.15, 0.2) is 0 Å². The molecule has 1 unspecified atom stereocenters. The third-order valence-corrected chi connectivity index (χ3v) is 3.80. The summed E-state index contributed by atoms with van der Waals surface area (Å²) in [6.45, 7) is 11.6. The molecule has 0 saturated carbocycles. The molecular formula is C16H24O4Si. The van der Waals surface area contributed by atoms with E-state index in [1.165, 1.54) is 0 Å². The van der Waals surface area contributed by atoms with E-state index in [4.69, 9.17) is 9.16 Å². The van der Waals surface area contributed by atoms with Crippen LogP contribution in [0.15, 0.2) is 24.3 Å². The summed E-state index contributed by atoms with van der Waals surface area (Å²) in [4.78, 5) is 24.4. The lowest BCUT2D eigenvalue weighted by Crippen LogP contribution is -2.30. The summed E-state index contributed by atoms with van der Waals surface area (Å²) in [7, 11) is -2.01. The Labute approximate surface area is 127 Å². The van der Waals surface area contributed by atoms with Gasteiger partial charge in [0, 0.05) is 0 Å². The molecule has 0 heterocycles. The molecule has 0 aromatic heterocycles. The molecular weight excluding hydrogens is 284 g/mol. The van der Waals surface area contributed by atoms with Gasteiger partial charge in [-0.05, 0) is 44.6 Å². The van der Waals surface area contributed by atoms with Crippen molar-refractivity contribution in [3.8, 4) is 0 Å². The van der Waals surface area contributed by atoms with Crippen molar-refractivity contribution in [3.05, 3.63) is 35.4 Å². The van der Waals surface area contributed by atoms with Gasteiger partial charge in [-0.2, -0.15) is 0 Å². The summed E-state index contributed by atoms with van der Waals surface area (Å²) in [6, 6.07) is 6.61. The Balaban J connectivity index is 2.99. The number of carbonyl (C=O) groups is 2. The van der Waals surface area contributed by atoms with Crippen LogP contribution in [0.1, 0.15) is 41.5 Å². The minimum Gasteiger partial charge on any atom is -0.516 e. The van der Waals surface area contributed by atoms with Crippen molar-refractivity contribution in [3.63, 3.8) is 0 Å². The molecule has 1 rings (SSSR count). The van der Waals surface area contributed by atoms with E-state index in [1.54, 1.807) is 24.3 Å². The molecule has 0 spiro atoms. The average molecular weight is 308 g/mol. The third-order valence-electron chi connectivity index (χ3n) is 3.00. The Morgan fingerprint density at radius 2 is 1.43 bits per heavy atom. The molecule has 0 fully saturated rings. The normalized spacial score (nSPS) is 12.9. The summed E-state index contributed by atoms with van der Waals surface area (Å²) in [5.74, 6) is -0.728. The van der Waals surface area contributed by atoms with Gasteiger partial charge in [-0.3, -0.25) is 0 Å². The van der Waals surface area contributed by atoms with E-state index in [2.05, 4.69) is 0 Å². The number of ether oxygens (including phenoxy) is 1. The Hall–Kier alpha value is -1.62. The molecule has 0 aliphatic heterocycles. The molecule has 0 radical (unpaired) electrons. The molecule has 0 N–H and O–H groups in total. The highest BCUT2D eigenvalue weighted by Gasteiger charge is 2.25. The van der Waals surface area contributed by atoms with E-state index in [9.17, 15) is 9.59 Å². The molecule has 0 saturated heterocycles. The molecule has 4 nitrogen and oxygen atoms in total. The van der Waals surface area contributed by atoms with Gasteiger partial charge in [-0.1, -0.05) is 26.0 Å². The van der Waals surface area contributed by atoms with Gasteiger partial charge in [0.1, 0.15) is 6.10 Å². The van der Waals surface area contributed by atoms with Gasteiger partial charge in [0.2, 0.25) is 8.32 Å². The summed E-state index contributed by atoms with van der Waals surface area (Å²) < 4.78 is 10.8. The van der Waals surface area contributed by atoms with Crippen LogP contribution < -0.4 is 0 Å². The number of carbonyl (C=O) groups excluding carboxylic acids is 2. The van der Waals surface area contributed by atoms with E-state index in [1.807, 2.05) is 40.4 Å². The lowest BCUT2D eigenvalue weighted by atomic mass is 10.1. The van der Waals surface area contributed by atoms with Gasteiger partial charge in [-0.15, -0.1) is 0 Å². The van der Waals surface area contributed by atoms with E-state index >= 15 is 0 Å². The first-order valence-corrected chi connectivity index (χ1v) is 10.6. The number of hydrogen-bond acceptors (Lipinski definition) is 4. The van der Waals surface area contributed by atoms with E-state index < -0.39 is 20.3 Å². The summed E-state index contributed by atoms with van der Waals surface area (Å²) in [5, 5.41) is 0. The number of esters is 1. The van der Waals surface area contributed by atoms with E-state index in [0.717, 1.165) is 0 Å². The Kier molecular flexibility index (Phi) is 5.72. The van der Waals surface area contributed by atoms with Gasteiger partial charge in [-0.25, -0.2) is 9.59 Å². The lowest BCUT2D eigenvalue weighted by Gasteiger charge is -2.20. The smallest absolute Gasteiger partial charge is 0.339 e. The zero-order valence-corrected chi connectivity index (χ0v) is 14.6. The standard InChI is InChI=1S/C16H24O4Si/c1-11(2)12(3)19-15(17)13-9-7-8-10-14(13)16(18)20-21(4,5)6/h7-12H,1-6H3. The number of hydrogen-bond donors (Lipinski definition) is 0. The van der Waals surface area contributed by atoms with E-state index in [0.29, 0.717) is 0 Å². The van der Waals surface area contributed by atoms with Crippen LogP contribution in [0.4, 0.5) is 0 Å². The quantitative estimate of drug-likeness (QED) is 0.612. The second-order valence-electron chi connectivity index (χ2n) is 6.40. The van der Waals surface area contributed by atoms with Crippen molar-refractivity contribution >= 4 is 20.3 Å². The van der Waals surface area contributed by atoms with Crippen molar-refractivity contribution in [1.82, 2.24) is 0 Å². The predicted molar refractivity (Wildman–Crippen MR) is 84.9 cm³/mol. The summed E-state index contributed by atoms with van der Waals surface area (Å²) >= 11 is 0. The van der Waals surface area contributed by atoms with Crippen molar-refractivity contribution in [2.45, 2.75) is 46.5 Å². The van der Waals surface area contributed by atoms with Gasteiger partial charge in [0.25, 0.3) is 0 Å². The number of rotatable bonds is 5. The van der Waals surface area contributed by atoms with Crippen LogP contribution >= 0.6 is 0 Å².